The fourth-order valence-electron chi connectivity index (χ4n) is 2.51. The van der Waals surface area contributed by atoms with Crippen LogP contribution in [0.4, 0.5) is 0 Å². The van der Waals surface area contributed by atoms with Gasteiger partial charge in [-0.3, -0.25) is 9.88 Å². The molecule has 112 valence electrons. The summed E-state index contributed by atoms with van der Waals surface area (Å²) in [6, 6.07) is 6.62. The largest absolute Gasteiger partial charge is 0.389 e. The minimum Gasteiger partial charge on any atom is -0.389 e. The summed E-state index contributed by atoms with van der Waals surface area (Å²) < 4.78 is 0. The molecule has 0 bridgehead atoms. The summed E-state index contributed by atoms with van der Waals surface area (Å²) in [7, 11) is 0. The maximum Gasteiger partial charge on any atom is 0.0741 e. The third kappa shape index (κ3) is 4.85. The molecule has 2 N–H and O–H groups in total. The number of aliphatic hydroxyl groups is 1. The van der Waals surface area contributed by atoms with Crippen molar-refractivity contribution >= 4 is 0 Å². The Kier molecular flexibility index (Phi) is 5.52. The lowest BCUT2D eigenvalue weighted by Crippen LogP contribution is -2.47. The number of likely N-dealkylation sites (tertiary alicyclic amines) is 1. The maximum absolute atomic E-state index is 10.0. The molecular weight excluding hydrogens is 250 g/mol. The molecular formula is C16H27N3O. The minimum atomic E-state index is -0.578. The normalized spacial score (nSPS) is 20.8. The molecule has 0 radical (unpaired) electrons. The third-order valence-electron chi connectivity index (χ3n) is 4.23. The lowest BCUT2D eigenvalue weighted by atomic mass is 10.0. The van der Waals surface area contributed by atoms with Crippen molar-refractivity contribution in [3.05, 3.63) is 30.1 Å². The van der Waals surface area contributed by atoms with Crippen LogP contribution in [0, 0.1) is 0 Å². The standard InChI is InChI=1S/C16H27N3O/c1-3-16(2,20)13-18-14-7-10-19(11-8-14)12-15-6-4-5-9-17-15/h4-6,9,14,18,20H,3,7-8,10-13H2,1-2H3. The van der Waals surface area contributed by atoms with E-state index in [4.69, 9.17) is 0 Å². The highest BCUT2D eigenvalue weighted by Gasteiger charge is 2.23. The van der Waals surface area contributed by atoms with Gasteiger partial charge < -0.3 is 10.4 Å². The summed E-state index contributed by atoms with van der Waals surface area (Å²) in [5.74, 6) is 0. The van der Waals surface area contributed by atoms with Crippen molar-refractivity contribution in [2.75, 3.05) is 19.6 Å². The Morgan fingerprint density at radius 2 is 2.15 bits per heavy atom. The van der Waals surface area contributed by atoms with Gasteiger partial charge in [-0.15, -0.1) is 0 Å². The first-order chi connectivity index (χ1) is 9.59. The summed E-state index contributed by atoms with van der Waals surface area (Å²) in [6.07, 6.45) is 4.94. The summed E-state index contributed by atoms with van der Waals surface area (Å²) in [5, 5.41) is 13.5. The van der Waals surface area contributed by atoms with Gasteiger partial charge in [0, 0.05) is 38.4 Å². The fraction of sp³-hybridized carbons (Fsp3) is 0.688. The predicted molar refractivity (Wildman–Crippen MR) is 81.5 cm³/mol. The number of nitrogens with zero attached hydrogens (tertiary/aromatic N) is 2. The highest BCUT2D eigenvalue weighted by atomic mass is 16.3. The molecule has 2 rings (SSSR count). The zero-order valence-corrected chi connectivity index (χ0v) is 12.7. The first-order valence-electron chi connectivity index (χ1n) is 7.67. The van der Waals surface area contributed by atoms with Crippen LogP contribution in [-0.2, 0) is 6.54 Å². The van der Waals surface area contributed by atoms with Crippen molar-refractivity contribution in [3.8, 4) is 0 Å². The van der Waals surface area contributed by atoms with Crippen LogP contribution in [0.2, 0.25) is 0 Å². The molecule has 1 fully saturated rings. The van der Waals surface area contributed by atoms with E-state index in [1.54, 1.807) is 0 Å². The molecule has 1 saturated heterocycles. The van der Waals surface area contributed by atoms with Crippen molar-refractivity contribution in [1.29, 1.82) is 0 Å². The monoisotopic (exact) mass is 277 g/mol. The molecule has 1 aliphatic rings. The Bertz CT molecular complexity index is 386. The highest BCUT2D eigenvalue weighted by Crippen LogP contribution is 2.14. The Labute approximate surface area is 122 Å². The van der Waals surface area contributed by atoms with E-state index >= 15 is 0 Å². The zero-order valence-electron chi connectivity index (χ0n) is 12.7. The predicted octanol–water partition coefficient (Wildman–Crippen LogP) is 1.80. The first kappa shape index (κ1) is 15.4. The van der Waals surface area contributed by atoms with Crippen LogP contribution in [0.5, 0.6) is 0 Å². The van der Waals surface area contributed by atoms with Gasteiger partial charge in [-0.1, -0.05) is 13.0 Å². The van der Waals surface area contributed by atoms with Crippen molar-refractivity contribution < 1.29 is 5.11 Å². The van der Waals surface area contributed by atoms with Gasteiger partial charge >= 0.3 is 0 Å². The maximum atomic E-state index is 10.0. The molecule has 1 aromatic heterocycles. The van der Waals surface area contributed by atoms with Gasteiger partial charge in [0.15, 0.2) is 0 Å². The van der Waals surface area contributed by atoms with E-state index in [1.807, 2.05) is 32.2 Å². The van der Waals surface area contributed by atoms with Gasteiger partial charge in [0.25, 0.3) is 0 Å². The second kappa shape index (κ2) is 7.16. The van der Waals surface area contributed by atoms with Gasteiger partial charge in [0.1, 0.15) is 0 Å². The van der Waals surface area contributed by atoms with E-state index in [-0.39, 0.29) is 0 Å². The molecule has 4 nitrogen and oxygen atoms in total. The Hall–Kier alpha value is -0.970. The van der Waals surface area contributed by atoms with E-state index in [1.165, 1.54) is 0 Å². The molecule has 0 aromatic carbocycles. The molecule has 0 amide bonds. The van der Waals surface area contributed by atoms with Crippen LogP contribution >= 0.6 is 0 Å². The van der Waals surface area contributed by atoms with Crippen LogP contribution in [0.3, 0.4) is 0 Å². The van der Waals surface area contributed by atoms with Gasteiger partial charge in [0.2, 0.25) is 0 Å². The van der Waals surface area contributed by atoms with Crippen LogP contribution < -0.4 is 5.32 Å². The molecule has 20 heavy (non-hydrogen) atoms. The van der Waals surface area contributed by atoms with E-state index in [0.717, 1.165) is 44.6 Å². The second-order valence-electron chi connectivity index (χ2n) is 6.10. The summed E-state index contributed by atoms with van der Waals surface area (Å²) >= 11 is 0. The molecule has 0 spiro atoms. The average Bonchev–Trinajstić information content (AvgIpc) is 2.48. The number of rotatable bonds is 6. The van der Waals surface area contributed by atoms with Gasteiger partial charge in [-0.25, -0.2) is 0 Å². The molecule has 1 aliphatic heterocycles. The van der Waals surface area contributed by atoms with Crippen molar-refractivity contribution in [2.45, 2.75) is 51.3 Å². The molecule has 2 heterocycles. The van der Waals surface area contributed by atoms with E-state index in [2.05, 4.69) is 21.3 Å². The van der Waals surface area contributed by atoms with Crippen LogP contribution in [0.15, 0.2) is 24.4 Å². The average molecular weight is 277 g/mol. The zero-order chi connectivity index (χ0) is 14.4. The van der Waals surface area contributed by atoms with Crippen LogP contribution in [-0.4, -0.2) is 46.3 Å². The lowest BCUT2D eigenvalue weighted by molar-refractivity contribution is 0.0491. The Balaban J connectivity index is 1.70. The first-order valence-corrected chi connectivity index (χ1v) is 7.67. The number of piperidine rings is 1. The van der Waals surface area contributed by atoms with Crippen molar-refractivity contribution in [3.63, 3.8) is 0 Å². The molecule has 0 aliphatic carbocycles. The van der Waals surface area contributed by atoms with Gasteiger partial charge in [-0.2, -0.15) is 0 Å². The molecule has 1 aromatic rings. The lowest BCUT2D eigenvalue weighted by Gasteiger charge is -2.34. The SMILES string of the molecule is CCC(C)(O)CNC1CCN(Cc2ccccn2)CC1. The van der Waals surface area contributed by atoms with Crippen molar-refractivity contribution in [1.82, 2.24) is 15.2 Å². The smallest absolute Gasteiger partial charge is 0.0741 e. The Morgan fingerprint density at radius 1 is 1.40 bits per heavy atom. The van der Waals surface area contributed by atoms with E-state index in [0.29, 0.717) is 12.6 Å². The van der Waals surface area contributed by atoms with Crippen molar-refractivity contribution in [2.24, 2.45) is 0 Å². The topological polar surface area (TPSA) is 48.4 Å². The van der Waals surface area contributed by atoms with E-state index < -0.39 is 5.60 Å². The highest BCUT2D eigenvalue weighted by molar-refractivity contribution is 5.03. The quantitative estimate of drug-likeness (QED) is 0.832. The molecule has 1 atom stereocenters. The second-order valence-corrected chi connectivity index (χ2v) is 6.10. The number of aromatic nitrogens is 1. The molecule has 0 saturated carbocycles. The Morgan fingerprint density at radius 3 is 2.75 bits per heavy atom. The molecule has 1 unspecified atom stereocenters. The number of nitrogens with one attached hydrogen (secondary N) is 1. The number of pyridine rings is 1. The molecule has 4 heteroatoms. The number of hydrogen-bond acceptors (Lipinski definition) is 4. The fourth-order valence-corrected chi connectivity index (χ4v) is 2.51. The third-order valence-corrected chi connectivity index (χ3v) is 4.23. The van der Waals surface area contributed by atoms with Gasteiger partial charge in [0.05, 0.1) is 11.3 Å². The summed E-state index contributed by atoms with van der Waals surface area (Å²) in [6.45, 7) is 7.76. The van der Waals surface area contributed by atoms with Gasteiger partial charge in [-0.05, 0) is 38.3 Å². The summed E-state index contributed by atoms with van der Waals surface area (Å²) in [4.78, 5) is 6.84. The minimum absolute atomic E-state index is 0.535. The summed E-state index contributed by atoms with van der Waals surface area (Å²) in [5.41, 5.74) is 0.568. The van der Waals surface area contributed by atoms with Crippen LogP contribution in [0.25, 0.3) is 0 Å². The number of hydrogen-bond donors (Lipinski definition) is 2. The van der Waals surface area contributed by atoms with E-state index in [9.17, 15) is 5.11 Å². The van der Waals surface area contributed by atoms with Crippen LogP contribution in [0.1, 0.15) is 38.8 Å².